The van der Waals surface area contributed by atoms with Crippen LogP contribution in [0.3, 0.4) is 0 Å². The molecule has 3 nitrogen and oxygen atoms in total. The van der Waals surface area contributed by atoms with Gasteiger partial charge in [0, 0.05) is 11.4 Å². The Hall–Kier alpha value is -1.33. The van der Waals surface area contributed by atoms with E-state index in [0.717, 1.165) is 14.8 Å². The Kier molecular flexibility index (Phi) is 3.33. The van der Waals surface area contributed by atoms with Gasteiger partial charge in [0.15, 0.2) is 0 Å². The lowest BCUT2D eigenvalue weighted by Crippen LogP contribution is -2.23. The van der Waals surface area contributed by atoms with Crippen LogP contribution in [0.2, 0.25) is 0 Å². The van der Waals surface area contributed by atoms with Crippen LogP contribution in [0, 0.1) is 0 Å². The number of halogens is 1. The van der Waals surface area contributed by atoms with Crippen molar-refractivity contribution in [3.8, 4) is 0 Å². The highest BCUT2D eigenvalue weighted by Crippen LogP contribution is 2.23. The minimum Gasteiger partial charge on any atom is -0.292 e. The molecule has 0 aliphatic heterocycles. The molecule has 1 aromatic carbocycles. The maximum atomic E-state index is 12.4. The van der Waals surface area contributed by atoms with E-state index in [-0.39, 0.29) is 5.69 Å². The second-order valence-corrected chi connectivity index (χ2v) is 6.86. The van der Waals surface area contributed by atoms with Crippen LogP contribution in [0.4, 0.5) is 0 Å². The maximum absolute atomic E-state index is 12.4. The highest BCUT2D eigenvalue weighted by Gasteiger charge is 2.12. The van der Waals surface area contributed by atoms with Crippen molar-refractivity contribution >= 4 is 38.3 Å². The third-order valence-corrected chi connectivity index (χ3v) is 4.79. The van der Waals surface area contributed by atoms with E-state index in [9.17, 15) is 4.79 Å². The number of imidazole rings is 1. The average molecular weight is 337 g/mol. The first kappa shape index (κ1) is 12.7. The Labute approximate surface area is 123 Å². The van der Waals surface area contributed by atoms with Crippen molar-refractivity contribution in [2.45, 2.75) is 20.0 Å². The van der Waals surface area contributed by atoms with Crippen LogP contribution in [-0.2, 0) is 13.1 Å². The highest BCUT2D eigenvalue weighted by atomic mass is 79.9. The van der Waals surface area contributed by atoms with Crippen LogP contribution >= 0.6 is 27.3 Å². The Bertz CT molecular complexity index is 784. The summed E-state index contributed by atoms with van der Waals surface area (Å²) in [5.74, 6) is 0. The SMILES string of the molecule is CCn1c(=O)n(Cc2ccc(Br)s2)c2ccccc21. The molecule has 0 aliphatic carbocycles. The molecule has 98 valence electrons. The number of aromatic nitrogens is 2. The molecular formula is C14H13BrN2OS. The van der Waals surface area contributed by atoms with Crippen molar-refractivity contribution in [1.82, 2.24) is 9.13 Å². The zero-order valence-corrected chi connectivity index (χ0v) is 12.9. The maximum Gasteiger partial charge on any atom is 0.329 e. The normalized spacial score (nSPS) is 11.3. The number of rotatable bonds is 3. The summed E-state index contributed by atoms with van der Waals surface area (Å²) in [6, 6.07) is 12.0. The predicted molar refractivity (Wildman–Crippen MR) is 83.0 cm³/mol. The summed E-state index contributed by atoms with van der Waals surface area (Å²) < 4.78 is 4.75. The number of nitrogens with zero attached hydrogens (tertiary/aromatic N) is 2. The highest BCUT2D eigenvalue weighted by molar-refractivity contribution is 9.11. The zero-order valence-electron chi connectivity index (χ0n) is 10.5. The summed E-state index contributed by atoms with van der Waals surface area (Å²) in [6.45, 7) is 3.32. The molecule has 0 fully saturated rings. The molecule has 0 radical (unpaired) electrons. The van der Waals surface area contributed by atoms with Crippen LogP contribution in [-0.4, -0.2) is 9.13 Å². The lowest BCUT2D eigenvalue weighted by molar-refractivity contribution is 0.688. The number of aryl methyl sites for hydroxylation is 1. The number of hydrogen-bond acceptors (Lipinski definition) is 2. The first-order valence-electron chi connectivity index (χ1n) is 6.13. The smallest absolute Gasteiger partial charge is 0.292 e. The van der Waals surface area contributed by atoms with Gasteiger partial charge in [0.2, 0.25) is 0 Å². The fraction of sp³-hybridized carbons (Fsp3) is 0.214. The third-order valence-electron chi connectivity index (χ3n) is 3.18. The van der Waals surface area contributed by atoms with Gasteiger partial charge in [0.25, 0.3) is 0 Å². The second-order valence-electron chi connectivity index (χ2n) is 4.31. The van der Waals surface area contributed by atoms with Gasteiger partial charge in [-0.05, 0) is 47.1 Å². The van der Waals surface area contributed by atoms with Gasteiger partial charge in [-0.15, -0.1) is 11.3 Å². The predicted octanol–water partition coefficient (Wildman–Crippen LogP) is 3.70. The standard InChI is InChI=1S/C14H13BrN2OS/c1-2-16-11-5-3-4-6-12(11)17(14(16)18)9-10-7-8-13(15)19-10/h3-8H,2,9H2,1H3. The van der Waals surface area contributed by atoms with Crippen molar-refractivity contribution in [3.05, 3.63) is 55.5 Å². The Morgan fingerprint density at radius 2 is 1.79 bits per heavy atom. The molecular weight excluding hydrogens is 324 g/mol. The lowest BCUT2D eigenvalue weighted by Gasteiger charge is -2.00. The largest absolute Gasteiger partial charge is 0.329 e. The van der Waals surface area contributed by atoms with Crippen LogP contribution in [0.5, 0.6) is 0 Å². The van der Waals surface area contributed by atoms with Crippen molar-refractivity contribution in [2.75, 3.05) is 0 Å². The van der Waals surface area contributed by atoms with E-state index in [0.29, 0.717) is 13.1 Å². The first-order chi connectivity index (χ1) is 9.20. The summed E-state index contributed by atoms with van der Waals surface area (Å²) in [6.07, 6.45) is 0. The molecule has 5 heteroatoms. The molecule has 19 heavy (non-hydrogen) atoms. The van der Waals surface area contributed by atoms with Crippen molar-refractivity contribution < 1.29 is 0 Å². The molecule has 0 saturated carbocycles. The molecule has 3 aromatic rings. The summed E-state index contributed by atoms with van der Waals surface area (Å²) in [7, 11) is 0. The van der Waals surface area contributed by atoms with Gasteiger partial charge in [-0.2, -0.15) is 0 Å². The molecule has 2 aromatic heterocycles. The molecule has 0 spiro atoms. The van der Waals surface area contributed by atoms with Crippen LogP contribution < -0.4 is 5.69 Å². The minimum atomic E-state index is 0.0632. The molecule has 2 heterocycles. The van der Waals surface area contributed by atoms with Gasteiger partial charge in [0.05, 0.1) is 21.4 Å². The van der Waals surface area contributed by atoms with Gasteiger partial charge >= 0.3 is 5.69 Å². The number of hydrogen-bond donors (Lipinski definition) is 0. The first-order valence-corrected chi connectivity index (χ1v) is 7.74. The summed E-state index contributed by atoms with van der Waals surface area (Å²) in [4.78, 5) is 13.6. The zero-order chi connectivity index (χ0) is 13.4. The minimum absolute atomic E-state index is 0.0632. The van der Waals surface area contributed by atoms with E-state index in [1.54, 1.807) is 11.3 Å². The van der Waals surface area contributed by atoms with Gasteiger partial charge in [-0.1, -0.05) is 12.1 Å². The van der Waals surface area contributed by atoms with Gasteiger partial charge < -0.3 is 0 Å². The molecule has 0 amide bonds. The van der Waals surface area contributed by atoms with Gasteiger partial charge in [0.1, 0.15) is 0 Å². The van der Waals surface area contributed by atoms with E-state index < -0.39 is 0 Å². The number of benzene rings is 1. The molecule has 0 saturated heterocycles. The third kappa shape index (κ3) is 2.17. The van der Waals surface area contributed by atoms with Gasteiger partial charge in [-0.25, -0.2) is 4.79 Å². The number of thiophene rings is 1. The Morgan fingerprint density at radius 3 is 2.37 bits per heavy atom. The van der Waals surface area contributed by atoms with Crippen molar-refractivity contribution in [1.29, 1.82) is 0 Å². The van der Waals surface area contributed by atoms with E-state index >= 15 is 0 Å². The molecule has 3 rings (SSSR count). The van der Waals surface area contributed by atoms with Gasteiger partial charge in [-0.3, -0.25) is 9.13 Å². The van der Waals surface area contributed by atoms with Crippen molar-refractivity contribution in [3.63, 3.8) is 0 Å². The summed E-state index contributed by atoms with van der Waals surface area (Å²) in [5, 5.41) is 0. The van der Waals surface area contributed by atoms with E-state index in [1.807, 2.05) is 46.4 Å². The topological polar surface area (TPSA) is 26.9 Å². The van der Waals surface area contributed by atoms with Crippen LogP contribution in [0.15, 0.2) is 45.0 Å². The molecule has 0 N–H and O–H groups in total. The van der Waals surface area contributed by atoms with E-state index in [2.05, 4.69) is 22.0 Å². The van der Waals surface area contributed by atoms with E-state index in [4.69, 9.17) is 0 Å². The summed E-state index contributed by atoms with van der Waals surface area (Å²) >= 11 is 5.12. The fourth-order valence-corrected chi connectivity index (χ4v) is 3.80. The summed E-state index contributed by atoms with van der Waals surface area (Å²) in [5.41, 5.74) is 2.07. The number of fused-ring (bicyclic) bond motifs is 1. The quantitative estimate of drug-likeness (QED) is 0.716. The monoisotopic (exact) mass is 336 g/mol. The Morgan fingerprint density at radius 1 is 1.11 bits per heavy atom. The average Bonchev–Trinajstić information content (AvgIpc) is 2.93. The molecule has 0 aliphatic rings. The second kappa shape index (κ2) is 4.98. The van der Waals surface area contributed by atoms with Crippen LogP contribution in [0.25, 0.3) is 11.0 Å². The fourth-order valence-electron chi connectivity index (χ4n) is 2.32. The van der Waals surface area contributed by atoms with E-state index in [1.165, 1.54) is 4.88 Å². The molecule has 0 atom stereocenters. The van der Waals surface area contributed by atoms with Crippen LogP contribution in [0.1, 0.15) is 11.8 Å². The lowest BCUT2D eigenvalue weighted by atomic mass is 10.3. The Balaban J connectivity index is 2.18. The van der Waals surface area contributed by atoms with Crippen molar-refractivity contribution in [2.24, 2.45) is 0 Å². The molecule has 0 unspecified atom stereocenters. The molecule has 0 bridgehead atoms. The number of para-hydroxylation sites is 2.